The molecule has 0 amide bonds. The molecule has 1 aromatic carbocycles. The third-order valence-corrected chi connectivity index (χ3v) is 5.27. The highest BCUT2D eigenvalue weighted by Crippen LogP contribution is 2.32. The molecular formula is C23H32O3. The van der Waals surface area contributed by atoms with Crippen molar-refractivity contribution in [2.24, 2.45) is 11.8 Å². The summed E-state index contributed by atoms with van der Waals surface area (Å²) in [6, 6.07) is 7.60. The third kappa shape index (κ3) is 7.90. The van der Waals surface area contributed by atoms with Crippen molar-refractivity contribution >= 4 is 12.0 Å². The monoisotopic (exact) mass is 356 g/mol. The highest BCUT2D eigenvalue weighted by molar-refractivity contribution is 5.85. The van der Waals surface area contributed by atoms with Crippen LogP contribution in [0.25, 0.3) is 6.08 Å². The zero-order valence-corrected chi connectivity index (χ0v) is 15.7. The molecule has 0 spiro atoms. The molecule has 0 unspecified atom stereocenters. The normalized spacial score (nSPS) is 20.2. The van der Waals surface area contributed by atoms with Crippen molar-refractivity contribution in [3.63, 3.8) is 0 Å². The Bertz CT molecular complexity index is 566. The number of rotatable bonds is 11. The zero-order valence-electron chi connectivity index (χ0n) is 15.7. The van der Waals surface area contributed by atoms with Gasteiger partial charge in [0.25, 0.3) is 0 Å². The number of allylic oxidation sites excluding steroid dienone is 1. The summed E-state index contributed by atoms with van der Waals surface area (Å²) < 4.78 is 5.94. The van der Waals surface area contributed by atoms with Crippen molar-refractivity contribution in [3.05, 3.63) is 48.6 Å². The first-order valence-corrected chi connectivity index (χ1v) is 9.92. The van der Waals surface area contributed by atoms with E-state index in [2.05, 4.69) is 6.58 Å². The summed E-state index contributed by atoms with van der Waals surface area (Å²) in [6.45, 7) is 4.57. The van der Waals surface area contributed by atoms with E-state index < -0.39 is 5.97 Å². The minimum Gasteiger partial charge on any atom is -0.493 e. The van der Waals surface area contributed by atoms with E-state index in [9.17, 15) is 4.79 Å². The average Bonchev–Trinajstić information content (AvgIpc) is 2.66. The molecule has 1 fully saturated rings. The molecule has 0 atom stereocenters. The molecule has 2 rings (SSSR count). The summed E-state index contributed by atoms with van der Waals surface area (Å²) >= 11 is 0. The van der Waals surface area contributed by atoms with Crippen LogP contribution in [0.3, 0.4) is 0 Å². The number of carboxylic acids is 1. The van der Waals surface area contributed by atoms with Crippen LogP contribution in [0, 0.1) is 11.8 Å². The average molecular weight is 357 g/mol. The maximum absolute atomic E-state index is 10.5. The van der Waals surface area contributed by atoms with Gasteiger partial charge < -0.3 is 9.84 Å². The summed E-state index contributed by atoms with van der Waals surface area (Å²) in [7, 11) is 0. The first-order valence-electron chi connectivity index (χ1n) is 9.92. The summed E-state index contributed by atoms with van der Waals surface area (Å²) in [5, 5.41) is 8.64. The van der Waals surface area contributed by atoms with Gasteiger partial charge in [-0.2, -0.15) is 0 Å². The Morgan fingerprint density at radius 1 is 1.08 bits per heavy atom. The van der Waals surface area contributed by atoms with Crippen molar-refractivity contribution in [2.75, 3.05) is 6.61 Å². The van der Waals surface area contributed by atoms with E-state index in [1.807, 2.05) is 30.3 Å². The maximum atomic E-state index is 10.5. The van der Waals surface area contributed by atoms with Gasteiger partial charge >= 0.3 is 5.97 Å². The van der Waals surface area contributed by atoms with Gasteiger partial charge in [-0.3, -0.25) is 0 Å². The van der Waals surface area contributed by atoms with Gasteiger partial charge in [0.1, 0.15) is 5.75 Å². The SMILES string of the molecule is C=CCCCCCC1CCC(COc2ccc(/C=C/C(=O)O)cc2)CC1. The lowest BCUT2D eigenvalue weighted by Gasteiger charge is -2.28. The molecule has 142 valence electrons. The van der Waals surface area contributed by atoms with E-state index >= 15 is 0 Å². The van der Waals surface area contributed by atoms with E-state index in [-0.39, 0.29) is 0 Å². The van der Waals surface area contributed by atoms with E-state index in [1.165, 1.54) is 51.4 Å². The molecule has 3 heteroatoms. The van der Waals surface area contributed by atoms with Crippen molar-refractivity contribution in [3.8, 4) is 5.75 Å². The zero-order chi connectivity index (χ0) is 18.6. The van der Waals surface area contributed by atoms with Crippen LogP contribution in [0.4, 0.5) is 0 Å². The highest BCUT2D eigenvalue weighted by atomic mass is 16.5. The number of aliphatic carboxylic acids is 1. The van der Waals surface area contributed by atoms with Crippen LogP contribution in [0.5, 0.6) is 5.75 Å². The molecule has 1 N–H and O–H groups in total. The van der Waals surface area contributed by atoms with Crippen molar-refractivity contribution in [1.29, 1.82) is 0 Å². The Kier molecular flexibility index (Phi) is 9.02. The summed E-state index contributed by atoms with van der Waals surface area (Å²) in [4.78, 5) is 10.5. The standard InChI is InChI=1S/C23H32O3/c1-2-3-4-5-6-7-19-8-10-21(11-9-19)18-26-22-15-12-20(13-16-22)14-17-23(24)25/h2,12-17,19,21H,1,3-11,18H2,(H,24,25)/b17-14+. The van der Waals surface area contributed by atoms with Crippen molar-refractivity contribution in [1.82, 2.24) is 0 Å². The molecular weight excluding hydrogens is 324 g/mol. The largest absolute Gasteiger partial charge is 0.493 e. The Hall–Kier alpha value is -2.03. The fourth-order valence-electron chi connectivity index (χ4n) is 3.64. The number of hydrogen-bond acceptors (Lipinski definition) is 2. The molecule has 0 saturated heterocycles. The Labute approximate surface area is 157 Å². The van der Waals surface area contributed by atoms with Gasteiger partial charge in [0.15, 0.2) is 0 Å². The summed E-state index contributed by atoms with van der Waals surface area (Å²) in [5.74, 6) is 1.51. The predicted molar refractivity (Wildman–Crippen MR) is 107 cm³/mol. The van der Waals surface area contributed by atoms with Crippen LogP contribution in [0.2, 0.25) is 0 Å². The minimum absolute atomic E-state index is 0.665. The van der Waals surface area contributed by atoms with E-state index in [0.29, 0.717) is 5.92 Å². The minimum atomic E-state index is -0.933. The Morgan fingerprint density at radius 2 is 1.77 bits per heavy atom. The summed E-state index contributed by atoms with van der Waals surface area (Å²) in [6.07, 6.45) is 16.5. The van der Waals surface area contributed by atoms with Crippen LogP contribution in [0.15, 0.2) is 43.0 Å². The molecule has 0 bridgehead atoms. The maximum Gasteiger partial charge on any atom is 0.328 e. The van der Waals surface area contributed by atoms with Gasteiger partial charge in [-0.1, -0.05) is 50.3 Å². The topological polar surface area (TPSA) is 46.5 Å². The molecule has 1 aromatic rings. The molecule has 0 heterocycles. The number of carbonyl (C=O) groups is 1. The Morgan fingerprint density at radius 3 is 2.42 bits per heavy atom. The number of hydrogen-bond donors (Lipinski definition) is 1. The van der Waals surface area contributed by atoms with Gasteiger partial charge in [-0.15, -0.1) is 6.58 Å². The van der Waals surface area contributed by atoms with Gasteiger partial charge in [0, 0.05) is 6.08 Å². The summed E-state index contributed by atoms with van der Waals surface area (Å²) in [5.41, 5.74) is 0.869. The van der Waals surface area contributed by atoms with E-state index in [1.54, 1.807) is 6.08 Å². The van der Waals surface area contributed by atoms with E-state index in [4.69, 9.17) is 9.84 Å². The lowest BCUT2D eigenvalue weighted by Crippen LogP contribution is -2.20. The molecule has 0 radical (unpaired) electrons. The second-order valence-electron chi connectivity index (χ2n) is 7.37. The molecule has 0 aromatic heterocycles. The van der Waals surface area contributed by atoms with Gasteiger partial charge in [0.2, 0.25) is 0 Å². The highest BCUT2D eigenvalue weighted by Gasteiger charge is 2.21. The van der Waals surface area contributed by atoms with Crippen molar-refractivity contribution < 1.29 is 14.6 Å². The fraction of sp³-hybridized carbons (Fsp3) is 0.522. The lowest BCUT2D eigenvalue weighted by atomic mass is 9.80. The quantitative estimate of drug-likeness (QED) is 0.296. The molecule has 1 aliphatic carbocycles. The van der Waals surface area contributed by atoms with Crippen LogP contribution in [-0.4, -0.2) is 17.7 Å². The van der Waals surface area contributed by atoms with Crippen LogP contribution in [-0.2, 0) is 4.79 Å². The first-order chi connectivity index (χ1) is 12.7. The van der Waals surface area contributed by atoms with Gasteiger partial charge in [0.05, 0.1) is 6.61 Å². The van der Waals surface area contributed by atoms with Crippen LogP contribution in [0.1, 0.15) is 63.4 Å². The lowest BCUT2D eigenvalue weighted by molar-refractivity contribution is -0.131. The number of carboxylic acid groups (broad SMARTS) is 1. The first kappa shape index (κ1) is 20.3. The van der Waals surface area contributed by atoms with Crippen LogP contribution < -0.4 is 4.74 Å². The fourth-order valence-corrected chi connectivity index (χ4v) is 3.64. The number of unbranched alkanes of at least 4 members (excludes halogenated alkanes) is 3. The molecule has 1 aliphatic rings. The second-order valence-corrected chi connectivity index (χ2v) is 7.37. The molecule has 1 saturated carbocycles. The molecule has 26 heavy (non-hydrogen) atoms. The Balaban J connectivity index is 1.62. The smallest absolute Gasteiger partial charge is 0.328 e. The van der Waals surface area contributed by atoms with Gasteiger partial charge in [-0.25, -0.2) is 4.79 Å². The molecule has 3 nitrogen and oxygen atoms in total. The number of ether oxygens (including phenoxy) is 1. The van der Waals surface area contributed by atoms with Crippen LogP contribution >= 0.6 is 0 Å². The molecule has 0 aliphatic heterocycles. The van der Waals surface area contributed by atoms with Gasteiger partial charge in [-0.05, 0) is 61.3 Å². The van der Waals surface area contributed by atoms with Crippen molar-refractivity contribution in [2.45, 2.75) is 57.8 Å². The predicted octanol–water partition coefficient (Wildman–Crippen LogP) is 6.11. The number of benzene rings is 1. The third-order valence-electron chi connectivity index (χ3n) is 5.27. The van der Waals surface area contributed by atoms with E-state index in [0.717, 1.165) is 36.3 Å². The second kappa shape index (κ2) is 11.6.